The Bertz CT molecular complexity index is 246. The Morgan fingerprint density at radius 2 is 1.89 bits per heavy atom. The molecule has 0 aromatic heterocycles. The molecule has 1 atom stereocenters. The van der Waals surface area contributed by atoms with Crippen molar-refractivity contribution in [3.63, 3.8) is 0 Å². The number of carbonyl (C=O) groups excluding carboxylic acids is 1. The van der Waals surface area contributed by atoms with Gasteiger partial charge in [-0.25, -0.2) is 0 Å². The van der Waals surface area contributed by atoms with E-state index in [1.807, 2.05) is 20.8 Å². The molecule has 4 heteroatoms. The van der Waals surface area contributed by atoms with Crippen LogP contribution in [0.5, 0.6) is 0 Å². The molecule has 0 rings (SSSR count). The monoisotopic (exact) mass is 257 g/mol. The Kier molecular flexibility index (Phi) is 7.48. The molecule has 0 spiro atoms. The standard InChI is InChI=1S/C14H31N3O/c1-7-17(10-11(2)3)12(9-15)8-13(18)16-14(4,5)6/h11-12H,7-10,15H2,1-6H3,(H,16,18). The summed E-state index contributed by atoms with van der Waals surface area (Å²) < 4.78 is 0. The SMILES string of the molecule is CCN(CC(C)C)C(CN)CC(=O)NC(C)(C)C. The van der Waals surface area contributed by atoms with Crippen molar-refractivity contribution in [3.05, 3.63) is 0 Å². The molecule has 0 aliphatic carbocycles. The van der Waals surface area contributed by atoms with Crippen molar-refractivity contribution < 1.29 is 4.79 Å². The predicted octanol–water partition coefficient (Wildman–Crippen LogP) is 1.60. The van der Waals surface area contributed by atoms with Gasteiger partial charge in [0.1, 0.15) is 0 Å². The van der Waals surface area contributed by atoms with E-state index >= 15 is 0 Å². The highest BCUT2D eigenvalue weighted by atomic mass is 16.1. The largest absolute Gasteiger partial charge is 0.351 e. The molecule has 0 aromatic rings. The van der Waals surface area contributed by atoms with Gasteiger partial charge in [-0.1, -0.05) is 20.8 Å². The van der Waals surface area contributed by atoms with Crippen molar-refractivity contribution >= 4 is 5.91 Å². The summed E-state index contributed by atoms with van der Waals surface area (Å²) in [7, 11) is 0. The van der Waals surface area contributed by atoms with Crippen LogP contribution in [-0.2, 0) is 4.79 Å². The summed E-state index contributed by atoms with van der Waals surface area (Å²) in [6.45, 7) is 14.9. The van der Waals surface area contributed by atoms with Crippen molar-refractivity contribution in [1.29, 1.82) is 0 Å². The topological polar surface area (TPSA) is 58.4 Å². The van der Waals surface area contributed by atoms with Crippen molar-refractivity contribution in [2.24, 2.45) is 11.7 Å². The average Bonchev–Trinajstić information content (AvgIpc) is 2.20. The molecule has 3 N–H and O–H groups in total. The lowest BCUT2D eigenvalue weighted by Gasteiger charge is -2.31. The third kappa shape index (κ3) is 7.67. The zero-order chi connectivity index (χ0) is 14.3. The second-order valence-corrected chi connectivity index (χ2v) is 6.37. The summed E-state index contributed by atoms with van der Waals surface area (Å²) >= 11 is 0. The van der Waals surface area contributed by atoms with Crippen LogP contribution in [0.15, 0.2) is 0 Å². The molecule has 4 nitrogen and oxygen atoms in total. The molecule has 18 heavy (non-hydrogen) atoms. The van der Waals surface area contributed by atoms with E-state index in [0.29, 0.717) is 18.9 Å². The molecule has 0 bridgehead atoms. The van der Waals surface area contributed by atoms with E-state index < -0.39 is 0 Å². The second kappa shape index (κ2) is 7.74. The van der Waals surface area contributed by atoms with Crippen LogP contribution in [0.2, 0.25) is 0 Å². The maximum atomic E-state index is 11.9. The normalized spacial score (nSPS) is 14.1. The van der Waals surface area contributed by atoms with Crippen molar-refractivity contribution in [2.75, 3.05) is 19.6 Å². The molecule has 0 radical (unpaired) electrons. The van der Waals surface area contributed by atoms with Crippen LogP contribution in [0.1, 0.15) is 48.0 Å². The van der Waals surface area contributed by atoms with Crippen molar-refractivity contribution in [3.8, 4) is 0 Å². The summed E-state index contributed by atoms with van der Waals surface area (Å²) in [6.07, 6.45) is 0.480. The van der Waals surface area contributed by atoms with Crippen molar-refractivity contribution in [1.82, 2.24) is 10.2 Å². The molecule has 0 aliphatic rings. The zero-order valence-corrected chi connectivity index (χ0v) is 12.9. The number of hydrogen-bond donors (Lipinski definition) is 2. The first-order chi connectivity index (χ1) is 8.19. The zero-order valence-electron chi connectivity index (χ0n) is 12.9. The van der Waals surface area contributed by atoms with Gasteiger partial charge in [0.15, 0.2) is 0 Å². The van der Waals surface area contributed by atoms with Crippen LogP contribution in [0.3, 0.4) is 0 Å². The van der Waals surface area contributed by atoms with Gasteiger partial charge in [0, 0.05) is 31.1 Å². The van der Waals surface area contributed by atoms with E-state index in [1.54, 1.807) is 0 Å². The summed E-state index contributed by atoms with van der Waals surface area (Å²) in [6, 6.07) is 0.139. The highest BCUT2D eigenvalue weighted by molar-refractivity contribution is 5.77. The van der Waals surface area contributed by atoms with Gasteiger partial charge < -0.3 is 11.1 Å². The smallest absolute Gasteiger partial charge is 0.222 e. The van der Waals surface area contributed by atoms with E-state index in [2.05, 4.69) is 31.0 Å². The van der Waals surface area contributed by atoms with E-state index in [-0.39, 0.29) is 17.5 Å². The molecule has 108 valence electrons. The first-order valence-electron chi connectivity index (χ1n) is 6.94. The van der Waals surface area contributed by atoms with E-state index in [4.69, 9.17) is 5.73 Å². The van der Waals surface area contributed by atoms with Crippen LogP contribution >= 0.6 is 0 Å². The molecule has 0 fully saturated rings. The number of amides is 1. The maximum Gasteiger partial charge on any atom is 0.222 e. The van der Waals surface area contributed by atoms with Gasteiger partial charge in [0.05, 0.1) is 0 Å². The van der Waals surface area contributed by atoms with Crippen molar-refractivity contribution in [2.45, 2.75) is 59.5 Å². The van der Waals surface area contributed by atoms with Crippen LogP contribution in [0, 0.1) is 5.92 Å². The Morgan fingerprint density at radius 1 is 1.33 bits per heavy atom. The van der Waals surface area contributed by atoms with Gasteiger partial charge in [-0.05, 0) is 33.2 Å². The number of nitrogens with one attached hydrogen (secondary N) is 1. The van der Waals surface area contributed by atoms with Gasteiger partial charge >= 0.3 is 0 Å². The number of nitrogens with two attached hydrogens (primary N) is 1. The van der Waals surface area contributed by atoms with Gasteiger partial charge in [0.25, 0.3) is 0 Å². The summed E-state index contributed by atoms with van der Waals surface area (Å²) in [4.78, 5) is 14.2. The fourth-order valence-electron chi connectivity index (χ4n) is 2.05. The van der Waals surface area contributed by atoms with Crippen LogP contribution in [0.25, 0.3) is 0 Å². The predicted molar refractivity (Wildman–Crippen MR) is 77.4 cm³/mol. The van der Waals surface area contributed by atoms with E-state index in [0.717, 1.165) is 13.1 Å². The molecule has 1 unspecified atom stereocenters. The van der Waals surface area contributed by atoms with Gasteiger partial charge in [-0.2, -0.15) is 0 Å². The molecule has 1 amide bonds. The Balaban J connectivity index is 4.43. The molecular weight excluding hydrogens is 226 g/mol. The highest BCUT2D eigenvalue weighted by Crippen LogP contribution is 2.08. The number of rotatable bonds is 7. The first kappa shape index (κ1) is 17.4. The maximum absolute atomic E-state index is 11.9. The average molecular weight is 257 g/mol. The summed E-state index contributed by atoms with van der Waals surface area (Å²) in [5.74, 6) is 0.671. The highest BCUT2D eigenvalue weighted by Gasteiger charge is 2.22. The lowest BCUT2D eigenvalue weighted by molar-refractivity contribution is -0.123. The molecule has 0 heterocycles. The fourth-order valence-corrected chi connectivity index (χ4v) is 2.05. The number of hydrogen-bond acceptors (Lipinski definition) is 3. The van der Waals surface area contributed by atoms with Crippen LogP contribution in [0.4, 0.5) is 0 Å². The second-order valence-electron chi connectivity index (χ2n) is 6.37. The minimum Gasteiger partial charge on any atom is -0.351 e. The Hall–Kier alpha value is -0.610. The third-order valence-corrected chi connectivity index (χ3v) is 2.73. The van der Waals surface area contributed by atoms with Gasteiger partial charge in [0.2, 0.25) is 5.91 Å². The third-order valence-electron chi connectivity index (χ3n) is 2.73. The molecule has 0 saturated carbocycles. The Morgan fingerprint density at radius 3 is 2.22 bits per heavy atom. The Labute approximate surface area is 112 Å². The van der Waals surface area contributed by atoms with E-state index in [1.165, 1.54) is 0 Å². The number of likely N-dealkylation sites (N-methyl/N-ethyl adjacent to an activating group) is 1. The summed E-state index contributed by atoms with van der Waals surface area (Å²) in [5.41, 5.74) is 5.64. The van der Waals surface area contributed by atoms with Crippen LogP contribution < -0.4 is 11.1 Å². The molecular formula is C14H31N3O. The lowest BCUT2D eigenvalue weighted by Crippen LogP contribution is -2.48. The van der Waals surface area contributed by atoms with Gasteiger partial charge in [-0.3, -0.25) is 9.69 Å². The minimum absolute atomic E-state index is 0.0835. The minimum atomic E-state index is -0.175. The quantitative estimate of drug-likeness (QED) is 0.728. The summed E-state index contributed by atoms with van der Waals surface area (Å²) in [5, 5.41) is 3.00. The van der Waals surface area contributed by atoms with E-state index in [9.17, 15) is 4.79 Å². The van der Waals surface area contributed by atoms with Gasteiger partial charge in [-0.15, -0.1) is 0 Å². The number of carbonyl (C=O) groups is 1. The molecule has 0 aromatic carbocycles. The molecule has 0 aliphatic heterocycles. The lowest BCUT2D eigenvalue weighted by atomic mass is 10.1. The first-order valence-corrected chi connectivity index (χ1v) is 6.94. The fraction of sp³-hybridized carbons (Fsp3) is 0.929. The number of nitrogens with zero attached hydrogens (tertiary/aromatic N) is 1. The van der Waals surface area contributed by atoms with Crippen LogP contribution in [-0.4, -0.2) is 42.0 Å². The molecule has 0 saturated heterocycles.